The molecule has 0 amide bonds. The van der Waals surface area contributed by atoms with Crippen molar-refractivity contribution < 1.29 is 18.7 Å². The number of carbonyl (C=O) groups is 1. The molecule has 0 bridgehead atoms. The maximum atomic E-state index is 14.1. The summed E-state index contributed by atoms with van der Waals surface area (Å²) in [6.07, 6.45) is 1.30. The Morgan fingerprint density at radius 1 is 1.42 bits per heavy atom. The average molecular weight is 328 g/mol. The highest BCUT2D eigenvalue weighted by molar-refractivity contribution is 5.88. The van der Waals surface area contributed by atoms with Crippen LogP contribution in [-0.2, 0) is 9.47 Å². The van der Waals surface area contributed by atoms with Crippen molar-refractivity contribution in [3.8, 4) is 11.8 Å². The van der Waals surface area contributed by atoms with E-state index in [0.717, 1.165) is 5.56 Å². The number of rotatable bonds is 4. The predicted octanol–water partition coefficient (Wildman–Crippen LogP) is 2.58. The normalized spacial score (nSPS) is 16.5. The average Bonchev–Trinajstić information content (AvgIpc) is 2.94. The minimum atomic E-state index is -0.997. The van der Waals surface area contributed by atoms with Crippen LogP contribution in [0.1, 0.15) is 35.9 Å². The molecular weight excluding hydrogens is 311 g/mol. The monoisotopic (exact) mass is 328 g/mol. The summed E-state index contributed by atoms with van der Waals surface area (Å²) in [5.74, 6) is 3.88. The molecule has 1 aliphatic rings. The van der Waals surface area contributed by atoms with Crippen molar-refractivity contribution in [2.75, 3.05) is 13.2 Å². The number of aromatic nitrogens is 2. The van der Waals surface area contributed by atoms with E-state index in [0.29, 0.717) is 0 Å². The van der Waals surface area contributed by atoms with Gasteiger partial charge in [-0.05, 0) is 19.4 Å². The van der Waals surface area contributed by atoms with Gasteiger partial charge in [0.2, 0.25) is 11.5 Å². The van der Waals surface area contributed by atoms with Gasteiger partial charge in [0.1, 0.15) is 13.2 Å². The van der Waals surface area contributed by atoms with Crippen molar-refractivity contribution >= 4 is 5.97 Å². The van der Waals surface area contributed by atoms with Gasteiger partial charge in [0.25, 0.3) is 0 Å². The van der Waals surface area contributed by atoms with Crippen LogP contribution in [0.3, 0.4) is 0 Å². The molecule has 1 aromatic heterocycles. The summed E-state index contributed by atoms with van der Waals surface area (Å²) in [4.78, 5) is 16.2. The third kappa shape index (κ3) is 2.91. The van der Waals surface area contributed by atoms with Crippen molar-refractivity contribution in [1.82, 2.24) is 9.55 Å². The SMILES string of the molecule is CC#CC1(OC(=O)c2c(F)ncn2[C@H](C)c2ccccc2)COC1. The third-order valence-electron chi connectivity index (χ3n) is 3.95. The Balaban J connectivity index is 1.89. The number of hydrogen-bond acceptors (Lipinski definition) is 4. The molecule has 1 atom stereocenters. The van der Waals surface area contributed by atoms with Gasteiger partial charge in [0.05, 0.1) is 12.4 Å². The van der Waals surface area contributed by atoms with Gasteiger partial charge in [-0.1, -0.05) is 36.3 Å². The number of nitrogens with zero attached hydrogens (tertiary/aromatic N) is 2. The van der Waals surface area contributed by atoms with Gasteiger partial charge in [0.15, 0.2) is 5.69 Å². The molecule has 0 radical (unpaired) electrons. The molecule has 0 spiro atoms. The summed E-state index contributed by atoms with van der Waals surface area (Å²) in [6.45, 7) is 3.88. The maximum Gasteiger partial charge on any atom is 0.361 e. The lowest BCUT2D eigenvalue weighted by Gasteiger charge is -2.36. The van der Waals surface area contributed by atoms with E-state index < -0.39 is 17.5 Å². The van der Waals surface area contributed by atoms with E-state index in [-0.39, 0.29) is 24.9 Å². The number of benzene rings is 1. The highest BCUT2D eigenvalue weighted by Crippen LogP contribution is 2.26. The van der Waals surface area contributed by atoms with Gasteiger partial charge in [-0.3, -0.25) is 0 Å². The Bertz CT molecular complexity index is 801. The molecular formula is C18H17FN2O3. The molecule has 0 saturated carbocycles. The fraction of sp³-hybridized carbons (Fsp3) is 0.333. The number of esters is 1. The fourth-order valence-electron chi connectivity index (χ4n) is 2.61. The highest BCUT2D eigenvalue weighted by atomic mass is 19.1. The summed E-state index contributed by atoms with van der Waals surface area (Å²) in [7, 11) is 0. The van der Waals surface area contributed by atoms with E-state index in [9.17, 15) is 9.18 Å². The van der Waals surface area contributed by atoms with E-state index >= 15 is 0 Å². The first-order valence-electron chi connectivity index (χ1n) is 7.58. The predicted molar refractivity (Wildman–Crippen MR) is 84.9 cm³/mol. The molecule has 0 unspecified atom stereocenters. The van der Waals surface area contributed by atoms with Crippen LogP contribution in [0, 0.1) is 17.8 Å². The second kappa shape index (κ2) is 6.46. The zero-order chi connectivity index (χ0) is 17.2. The first kappa shape index (κ1) is 16.2. The fourth-order valence-corrected chi connectivity index (χ4v) is 2.61. The van der Waals surface area contributed by atoms with E-state index in [1.165, 1.54) is 10.9 Å². The zero-order valence-corrected chi connectivity index (χ0v) is 13.5. The number of halogens is 1. The molecule has 1 saturated heterocycles. The molecule has 1 aromatic carbocycles. The number of imidazole rings is 1. The molecule has 0 aliphatic carbocycles. The van der Waals surface area contributed by atoms with Crippen LogP contribution in [0.2, 0.25) is 0 Å². The quantitative estimate of drug-likeness (QED) is 0.639. The van der Waals surface area contributed by atoms with Gasteiger partial charge in [-0.15, -0.1) is 5.92 Å². The van der Waals surface area contributed by atoms with E-state index in [4.69, 9.17) is 9.47 Å². The van der Waals surface area contributed by atoms with Crippen LogP contribution in [-0.4, -0.2) is 34.3 Å². The van der Waals surface area contributed by atoms with Crippen LogP contribution < -0.4 is 0 Å². The molecule has 1 fully saturated rings. The lowest BCUT2D eigenvalue weighted by Crippen LogP contribution is -2.52. The molecule has 2 aromatic rings. The molecule has 1 aliphatic heterocycles. The second-order valence-electron chi connectivity index (χ2n) is 5.63. The molecule has 5 nitrogen and oxygen atoms in total. The summed E-state index contributed by atoms with van der Waals surface area (Å²) in [5.41, 5.74) is -0.280. The van der Waals surface area contributed by atoms with Gasteiger partial charge in [0, 0.05) is 0 Å². The van der Waals surface area contributed by atoms with E-state index in [1.54, 1.807) is 6.92 Å². The van der Waals surface area contributed by atoms with Crippen LogP contribution in [0.4, 0.5) is 4.39 Å². The summed E-state index contributed by atoms with van der Waals surface area (Å²) in [6, 6.07) is 9.20. The number of carbonyl (C=O) groups excluding carboxylic acids is 1. The Labute approximate surface area is 139 Å². The van der Waals surface area contributed by atoms with Gasteiger partial charge in [-0.2, -0.15) is 4.39 Å². The van der Waals surface area contributed by atoms with Gasteiger partial charge >= 0.3 is 5.97 Å². The Hall–Kier alpha value is -2.65. The van der Waals surface area contributed by atoms with Crippen molar-refractivity contribution in [3.63, 3.8) is 0 Å². The Kier molecular flexibility index (Phi) is 4.36. The summed E-state index contributed by atoms with van der Waals surface area (Å²) < 4.78 is 26.1. The first-order valence-corrected chi connectivity index (χ1v) is 7.58. The second-order valence-corrected chi connectivity index (χ2v) is 5.63. The smallest absolute Gasteiger partial charge is 0.361 e. The number of ether oxygens (including phenoxy) is 2. The van der Waals surface area contributed by atoms with Gasteiger partial charge < -0.3 is 14.0 Å². The topological polar surface area (TPSA) is 53.3 Å². The van der Waals surface area contributed by atoms with Crippen LogP contribution in [0.25, 0.3) is 0 Å². The molecule has 0 N–H and O–H groups in total. The van der Waals surface area contributed by atoms with E-state index in [1.807, 2.05) is 37.3 Å². The highest BCUT2D eigenvalue weighted by Gasteiger charge is 2.42. The van der Waals surface area contributed by atoms with E-state index in [2.05, 4.69) is 16.8 Å². The molecule has 3 rings (SSSR count). The lowest BCUT2D eigenvalue weighted by molar-refractivity contribution is -0.146. The summed E-state index contributed by atoms with van der Waals surface area (Å²) in [5, 5.41) is 0. The van der Waals surface area contributed by atoms with Crippen molar-refractivity contribution in [2.45, 2.75) is 25.5 Å². The minimum absolute atomic E-state index is 0.184. The summed E-state index contributed by atoms with van der Waals surface area (Å²) >= 11 is 0. The number of hydrogen-bond donors (Lipinski definition) is 0. The molecule has 6 heteroatoms. The largest absolute Gasteiger partial charge is 0.436 e. The lowest BCUT2D eigenvalue weighted by atomic mass is 10.0. The van der Waals surface area contributed by atoms with Crippen LogP contribution in [0.5, 0.6) is 0 Å². The van der Waals surface area contributed by atoms with Crippen LogP contribution >= 0.6 is 0 Å². The standard InChI is InChI=1S/C18H17FN2O3/c1-3-9-18(10-23-11-18)24-17(22)15-16(19)20-12-21(15)13(2)14-7-5-4-6-8-14/h4-8,12-13H,10-11H2,1-2H3/t13-/m1/s1. The molecule has 124 valence electrons. The van der Waals surface area contributed by atoms with Crippen LogP contribution in [0.15, 0.2) is 36.7 Å². The molecule has 2 heterocycles. The van der Waals surface area contributed by atoms with Gasteiger partial charge in [-0.25, -0.2) is 9.78 Å². The first-order chi connectivity index (χ1) is 11.6. The minimum Gasteiger partial charge on any atom is -0.436 e. The Morgan fingerprint density at radius 2 is 2.12 bits per heavy atom. The third-order valence-corrected chi connectivity index (χ3v) is 3.95. The maximum absolute atomic E-state index is 14.1. The molecule has 24 heavy (non-hydrogen) atoms. The van der Waals surface area contributed by atoms with Crippen molar-refractivity contribution in [2.24, 2.45) is 0 Å². The Morgan fingerprint density at radius 3 is 2.71 bits per heavy atom. The van der Waals surface area contributed by atoms with Crippen molar-refractivity contribution in [3.05, 3.63) is 53.9 Å². The zero-order valence-electron chi connectivity index (χ0n) is 13.5. The van der Waals surface area contributed by atoms with Crippen molar-refractivity contribution in [1.29, 1.82) is 0 Å².